The van der Waals surface area contributed by atoms with E-state index in [9.17, 15) is 9.59 Å². The highest BCUT2D eigenvalue weighted by atomic mass is 16.6. The van der Waals surface area contributed by atoms with Crippen molar-refractivity contribution in [2.45, 2.75) is 66.2 Å². The number of aliphatic imine (C=N–C) groups is 1. The lowest BCUT2D eigenvalue weighted by atomic mass is 10.1. The van der Waals surface area contributed by atoms with Crippen LogP contribution in [0.15, 0.2) is 33.4 Å². The highest BCUT2D eigenvalue weighted by molar-refractivity contribution is 6.00. The summed E-state index contributed by atoms with van der Waals surface area (Å²) in [6, 6.07) is 5.61. The van der Waals surface area contributed by atoms with E-state index in [1.165, 1.54) is 6.34 Å². The minimum absolute atomic E-state index is 0.00566. The van der Waals surface area contributed by atoms with Crippen molar-refractivity contribution in [2.24, 2.45) is 20.9 Å². The van der Waals surface area contributed by atoms with Crippen molar-refractivity contribution < 1.29 is 19.1 Å². The van der Waals surface area contributed by atoms with Crippen molar-refractivity contribution in [3.63, 3.8) is 0 Å². The number of benzene rings is 1. The third-order valence-electron chi connectivity index (χ3n) is 3.71. The van der Waals surface area contributed by atoms with E-state index in [0.717, 1.165) is 16.0 Å². The number of rotatable bonds is 3. The van der Waals surface area contributed by atoms with Crippen molar-refractivity contribution in [1.29, 1.82) is 0 Å². The Balaban J connectivity index is 2.36. The molecular formula is C21H31N7O4. The van der Waals surface area contributed by atoms with Gasteiger partial charge in [0.2, 0.25) is 5.96 Å². The Morgan fingerprint density at radius 3 is 2.31 bits per heavy atom. The van der Waals surface area contributed by atoms with Gasteiger partial charge >= 0.3 is 12.2 Å². The van der Waals surface area contributed by atoms with Crippen molar-refractivity contribution >= 4 is 30.3 Å². The molecule has 11 heteroatoms. The normalized spacial score (nSPS) is 14.1. The number of aryl methyl sites for hydroxylation is 1. The van der Waals surface area contributed by atoms with Gasteiger partial charge in [-0.1, -0.05) is 11.6 Å². The van der Waals surface area contributed by atoms with E-state index in [4.69, 9.17) is 15.2 Å². The monoisotopic (exact) mass is 445 g/mol. The van der Waals surface area contributed by atoms with E-state index < -0.39 is 23.4 Å². The molecule has 0 spiro atoms. The van der Waals surface area contributed by atoms with Crippen LogP contribution >= 0.6 is 0 Å². The van der Waals surface area contributed by atoms with Crippen LogP contribution in [0, 0.1) is 6.92 Å². The summed E-state index contributed by atoms with van der Waals surface area (Å²) in [6.07, 6.45) is -0.235. The number of ether oxygens (including phenoxy) is 2. The number of nitrogens with two attached hydrogens (primary N) is 1. The molecule has 1 aromatic rings. The van der Waals surface area contributed by atoms with Crippen LogP contribution in [-0.4, -0.2) is 46.4 Å². The molecule has 0 aromatic heterocycles. The lowest BCUT2D eigenvalue weighted by Crippen LogP contribution is -2.45. The average Bonchev–Trinajstić information content (AvgIpc) is 2.63. The van der Waals surface area contributed by atoms with Gasteiger partial charge in [-0.3, -0.25) is 10.9 Å². The Hall–Kier alpha value is -3.63. The summed E-state index contributed by atoms with van der Waals surface area (Å²) in [5.74, 6) is 0.174. The van der Waals surface area contributed by atoms with Gasteiger partial charge in [-0.15, -0.1) is 4.99 Å². The van der Waals surface area contributed by atoms with Gasteiger partial charge in [0, 0.05) is 5.56 Å². The van der Waals surface area contributed by atoms with Gasteiger partial charge in [0.1, 0.15) is 17.5 Å². The number of hydrogen-bond acceptors (Lipinski definition) is 8. The van der Waals surface area contributed by atoms with Crippen LogP contribution in [0.3, 0.4) is 0 Å². The first-order chi connectivity index (χ1) is 14.7. The van der Waals surface area contributed by atoms with Gasteiger partial charge in [-0.05, 0) is 66.2 Å². The highest BCUT2D eigenvalue weighted by Gasteiger charge is 2.27. The van der Waals surface area contributed by atoms with Gasteiger partial charge in [0.05, 0.1) is 6.54 Å². The number of carbonyl (C=O) groups excluding carboxylic acids is 2. The maximum absolute atomic E-state index is 12.9. The molecule has 174 valence electrons. The van der Waals surface area contributed by atoms with Crippen LogP contribution in [-0.2, 0) is 16.0 Å². The van der Waals surface area contributed by atoms with Crippen LogP contribution in [0.5, 0.6) is 0 Å². The second-order valence-corrected chi connectivity index (χ2v) is 9.18. The summed E-state index contributed by atoms with van der Waals surface area (Å²) >= 11 is 0. The van der Waals surface area contributed by atoms with Crippen LogP contribution < -0.4 is 16.6 Å². The standard InChI is InChI=1S/C21H31N7O4/c1-13-8-14(10-15(9-13)16-26-23-12-24-27-16)11-28(19(30)32-21(5,6)7)17(22)25-18(29)31-20(2,3)4/h8-10,12H,11H2,1-7H3,(H,23,24)(H,26,27)(H2,22,25,29). The third-order valence-corrected chi connectivity index (χ3v) is 3.71. The molecule has 32 heavy (non-hydrogen) atoms. The smallest absolute Gasteiger partial charge is 0.437 e. The van der Waals surface area contributed by atoms with Crippen molar-refractivity contribution in [3.05, 3.63) is 34.9 Å². The summed E-state index contributed by atoms with van der Waals surface area (Å²) in [6.45, 7) is 12.2. The van der Waals surface area contributed by atoms with Crippen molar-refractivity contribution in [2.75, 3.05) is 0 Å². The lowest BCUT2D eigenvalue weighted by Gasteiger charge is -2.27. The third kappa shape index (κ3) is 7.89. The van der Waals surface area contributed by atoms with Gasteiger partial charge < -0.3 is 15.2 Å². The molecule has 0 fully saturated rings. The number of amides is 2. The fourth-order valence-corrected chi connectivity index (χ4v) is 2.64. The Morgan fingerprint density at radius 1 is 1.09 bits per heavy atom. The molecule has 0 aliphatic carbocycles. The number of nitrogens with one attached hydrogen (secondary N) is 2. The van der Waals surface area contributed by atoms with Gasteiger partial charge in [-0.25, -0.2) is 14.5 Å². The Kier molecular flexibility index (Phi) is 7.44. The summed E-state index contributed by atoms with van der Waals surface area (Å²) in [4.78, 5) is 29.8. The quantitative estimate of drug-likeness (QED) is 0.479. The highest BCUT2D eigenvalue weighted by Crippen LogP contribution is 2.17. The van der Waals surface area contributed by atoms with E-state index in [-0.39, 0.29) is 12.5 Å². The molecule has 0 unspecified atom stereocenters. The summed E-state index contributed by atoms with van der Waals surface area (Å²) in [7, 11) is 0. The molecule has 1 heterocycles. The van der Waals surface area contributed by atoms with E-state index in [0.29, 0.717) is 11.4 Å². The molecule has 4 N–H and O–H groups in total. The summed E-state index contributed by atoms with van der Waals surface area (Å²) < 4.78 is 10.6. The second kappa shape index (κ2) is 9.67. The SMILES string of the molecule is Cc1cc(CN(C(=O)OC(C)(C)C)/C(N)=N\C(=O)OC(C)(C)C)cc(C2=NNC=NN2)c1. The topological polar surface area (TPSA) is 143 Å². The fourth-order valence-electron chi connectivity index (χ4n) is 2.64. The van der Waals surface area contributed by atoms with Crippen LogP contribution in [0.25, 0.3) is 0 Å². The van der Waals surface area contributed by atoms with Crippen molar-refractivity contribution in [3.8, 4) is 0 Å². The van der Waals surface area contributed by atoms with Crippen LogP contribution in [0.4, 0.5) is 9.59 Å². The van der Waals surface area contributed by atoms with Crippen LogP contribution in [0.1, 0.15) is 58.2 Å². The number of nitrogens with zero attached hydrogens (tertiary/aromatic N) is 4. The molecule has 1 aliphatic heterocycles. The fraction of sp³-hybridized carbons (Fsp3) is 0.476. The molecule has 0 saturated carbocycles. The zero-order valence-electron chi connectivity index (χ0n) is 19.5. The molecule has 11 nitrogen and oxygen atoms in total. The minimum Gasteiger partial charge on any atom is -0.443 e. The number of hydrazone groups is 2. The average molecular weight is 446 g/mol. The van der Waals surface area contributed by atoms with Crippen molar-refractivity contribution in [1.82, 2.24) is 15.8 Å². The molecule has 1 aromatic carbocycles. The zero-order chi connectivity index (χ0) is 24.1. The van der Waals surface area contributed by atoms with E-state index >= 15 is 0 Å². The molecule has 2 rings (SSSR count). The second-order valence-electron chi connectivity index (χ2n) is 9.18. The van der Waals surface area contributed by atoms with Crippen LogP contribution in [0.2, 0.25) is 0 Å². The number of amidine groups is 1. The summed E-state index contributed by atoms with van der Waals surface area (Å²) in [5, 5.41) is 8.07. The Morgan fingerprint density at radius 2 is 1.75 bits per heavy atom. The van der Waals surface area contributed by atoms with E-state index in [2.05, 4.69) is 26.0 Å². The minimum atomic E-state index is -0.904. The maximum Gasteiger partial charge on any atom is 0.437 e. The van der Waals surface area contributed by atoms with Gasteiger partial charge in [-0.2, -0.15) is 10.2 Å². The molecule has 0 atom stereocenters. The first kappa shape index (κ1) is 24.6. The predicted molar refractivity (Wildman–Crippen MR) is 122 cm³/mol. The van der Waals surface area contributed by atoms with E-state index in [1.807, 2.05) is 25.1 Å². The number of guanidine groups is 1. The Bertz CT molecular complexity index is 956. The number of hydrogen-bond donors (Lipinski definition) is 3. The summed E-state index contributed by atoms with van der Waals surface area (Å²) in [5.41, 5.74) is 12.4. The largest absolute Gasteiger partial charge is 0.443 e. The Labute approximate surface area is 187 Å². The van der Waals surface area contributed by atoms with E-state index in [1.54, 1.807) is 41.5 Å². The molecule has 0 radical (unpaired) electrons. The zero-order valence-corrected chi connectivity index (χ0v) is 19.5. The maximum atomic E-state index is 12.9. The number of carbonyl (C=O) groups is 2. The molecule has 0 bridgehead atoms. The first-order valence-electron chi connectivity index (χ1n) is 10.0. The lowest BCUT2D eigenvalue weighted by molar-refractivity contribution is 0.0356. The molecule has 1 aliphatic rings. The molecular weight excluding hydrogens is 414 g/mol. The predicted octanol–water partition coefficient (Wildman–Crippen LogP) is 2.78. The molecule has 0 saturated heterocycles. The van der Waals surface area contributed by atoms with Gasteiger partial charge in [0.25, 0.3) is 0 Å². The van der Waals surface area contributed by atoms with Gasteiger partial charge in [0.15, 0.2) is 5.84 Å². The first-order valence-corrected chi connectivity index (χ1v) is 10.0. The molecule has 2 amide bonds.